The molecule has 0 atom stereocenters. The molecule has 8 heteroatoms. The van der Waals surface area contributed by atoms with Crippen molar-refractivity contribution in [3.63, 3.8) is 0 Å². The van der Waals surface area contributed by atoms with Crippen molar-refractivity contribution in [1.29, 1.82) is 0 Å². The standard InChI is InChI=1S/C11H10N2O6/c1-5(2)10(15)12-7-4-9(14)6(11(16)17)3-8(7)13(18)19/h3-4,14H,1H2,2H3,(H,12,15)(H,16,17). The lowest BCUT2D eigenvalue weighted by molar-refractivity contribution is -0.384. The van der Waals surface area contributed by atoms with Crippen molar-refractivity contribution in [3.05, 3.63) is 40.0 Å². The summed E-state index contributed by atoms with van der Waals surface area (Å²) in [6, 6.07) is 1.48. The average molecular weight is 266 g/mol. The van der Waals surface area contributed by atoms with Gasteiger partial charge in [0.25, 0.3) is 11.6 Å². The molecule has 100 valence electrons. The van der Waals surface area contributed by atoms with E-state index in [-0.39, 0.29) is 11.3 Å². The van der Waals surface area contributed by atoms with Crippen molar-refractivity contribution < 1.29 is 24.7 Å². The summed E-state index contributed by atoms with van der Waals surface area (Å²) in [4.78, 5) is 32.1. The maximum Gasteiger partial charge on any atom is 0.339 e. The number of carboxylic acid groups (broad SMARTS) is 1. The van der Waals surface area contributed by atoms with Gasteiger partial charge in [-0.2, -0.15) is 0 Å². The van der Waals surface area contributed by atoms with E-state index in [1.165, 1.54) is 6.92 Å². The predicted octanol–water partition coefficient (Wildman–Crippen LogP) is 1.51. The van der Waals surface area contributed by atoms with Gasteiger partial charge in [0.1, 0.15) is 17.0 Å². The van der Waals surface area contributed by atoms with Gasteiger partial charge in [-0.1, -0.05) is 6.58 Å². The molecule has 0 saturated heterocycles. The number of carboxylic acids is 1. The van der Waals surface area contributed by atoms with E-state index in [1.807, 2.05) is 0 Å². The molecule has 0 aromatic heterocycles. The maximum atomic E-state index is 11.4. The molecule has 0 aliphatic heterocycles. The zero-order chi connectivity index (χ0) is 14.7. The van der Waals surface area contributed by atoms with E-state index in [4.69, 9.17) is 5.11 Å². The maximum absolute atomic E-state index is 11.4. The Morgan fingerprint density at radius 2 is 2.00 bits per heavy atom. The molecule has 8 nitrogen and oxygen atoms in total. The van der Waals surface area contributed by atoms with E-state index < -0.39 is 33.8 Å². The minimum absolute atomic E-state index is 0.107. The van der Waals surface area contributed by atoms with Gasteiger partial charge >= 0.3 is 5.97 Å². The average Bonchev–Trinajstić information content (AvgIpc) is 2.27. The number of carbonyl (C=O) groups is 2. The van der Waals surface area contributed by atoms with Gasteiger partial charge in [0.05, 0.1) is 4.92 Å². The monoisotopic (exact) mass is 266 g/mol. The van der Waals surface area contributed by atoms with Gasteiger partial charge in [-0.25, -0.2) is 4.79 Å². The number of rotatable bonds is 4. The summed E-state index contributed by atoms with van der Waals surface area (Å²) < 4.78 is 0. The number of phenols is 1. The summed E-state index contributed by atoms with van der Waals surface area (Å²) >= 11 is 0. The van der Waals surface area contributed by atoms with Crippen LogP contribution < -0.4 is 5.32 Å². The van der Waals surface area contributed by atoms with Crippen LogP contribution in [0.5, 0.6) is 5.75 Å². The molecule has 19 heavy (non-hydrogen) atoms. The highest BCUT2D eigenvalue weighted by Crippen LogP contribution is 2.32. The van der Waals surface area contributed by atoms with Gasteiger partial charge in [-0.3, -0.25) is 14.9 Å². The molecule has 1 aromatic rings. The molecular weight excluding hydrogens is 256 g/mol. The summed E-state index contributed by atoms with van der Waals surface area (Å²) in [6.45, 7) is 4.75. The molecule has 0 aliphatic carbocycles. The van der Waals surface area contributed by atoms with Crippen molar-refractivity contribution >= 4 is 23.3 Å². The fourth-order valence-corrected chi connectivity index (χ4v) is 1.23. The Morgan fingerprint density at radius 1 is 1.42 bits per heavy atom. The summed E-state index contributed by atoms with van der Waals surface area (Å²) in [5, 5.41) is 31.2. The van der Waals surface area contributed by atoms with Gasteiger partial charge in [-0.15, -0.1) is 0 Å². The number of hydrogen-bond donors (Lipinski definition) is 3. The number of nitro benzene ring substituents is 1. The molecule has 1 aromatic carbocycles. The number of amides is 1. The topological polar surface area (TPSA) is 130 Å². The molecular formula is C11H10N2O6. The molecule has 0 saturated carbocycles. The van der Waals surface area contributed by atoms with Gasteiger partial charge in [0.15, 0.2) is 0 Å². The quantitative estimate of drug-likeness (QED) is 0.430. The Morgan fingerprint density at radius 3 is 2.42 bits per heavy atom. The van der Waals surface area contributed by atoms with Crippen molar-refractivity contribution in [2.45, 2.75) is 6.92 Å². The summed E-state index contributed by atoms with van der Waals surface area (Å²) in [5.74, 6) is -2.88. The second-order valence-electron chi connectivity index (χ2n) is 3.68. The first-order valence-corrected chi connectivity index (χ1v) is 4.95. The molecule has 0 fully saturated rings. The van der Waals surface area contributed by atoms with Crippen molar-refractivity contribution in [3.8, 4) is 5.75 Å². The van der Waals surface area contributed by atoms with E-state index in [2.05, 4.69) is 11.9 Å². The number of benzene rings is 1. The first-order chi connectivity index (χ1) is 8.73. The minimum Gasteiger partial charge on any atom is -0.507 e. The molecule has 0 heterocycles. The van der Waals surface area contributed by atoms with Crippen molar-refractivity contribution in [1.82, 2.24) is 0 Å². The molecule has 0 bridgehead atoms. The fourth-order valence-electron chi connectivity index (χ4n) is 1.23. The molecule has 1 rings (SSSR count). The minimum atomic E-state index is -1.52. The number of anilines is 1. The van der Waals surface area contributed by atoms with Gasteiger partial charge in [-0.05, 0) is 6.92 Å². The predicted molar refractivity (Wildman–Crippen MR) is 65.2 cm³/mol. The van der Waals surface area contributed by atoms with E-state index in [0.717, 1.165) is 6.07 Å². The highest BCUT2D eigenvalue weighted by molar-refractivity contribution is 6.05. The first-order valence-electron chi connectivity index (χ1n) is 4.95. The largest absolute Gasteiger partial charge is 0.507 e. The lowest BCUT2D eigenvalue weighted by Crippen LogP contribution is -2.13. The Balaban J connectivity index is 3.35. The third-order valence-corrected chi connectivity index (χ3v) is 2.18. The highest BCUT2D eigenvalue weighted by atomic mass is 16.6. The number of hydrogen-bond acceptors (Lipinski definition) is 5. The molecule has 0 spiro atoms. The zero-order valence-electron chi connectivity index (χ0n) is 9.84. The Hall–Kier alpha value is -2.90. The van der Waals surface area contributed by atoms with Crippen LogP contribution in [0, 0.1) is 10.1 Å². The lowest BCUT2D eigenvalue weighted by Gasteiger charge is -2.07. The molecule has 0 aliphatic rings. The van der Waals surface area contributed by atoms with Gasteiger partial charge in [0, 0.05) is 17.7 Å². The normalized spacial score (nSPS) is 9.74. The summed E-state index contributed by atoms with van der Waals surface area (Å²) in [6.07, 6.45) is 0. The molecule has 0 radical (unpaired) electrons. The highest BCUT2D eigenvalue weighted by Gasteiger charge is 2.22. The Kier molecular flexibility index (Phi) is 3.85. The third kappa shape index (κ3) is 3.06. The van der Waals surface area contributed by atoms with Crippen LogP contribution in [0.1, 0.15) is 17.3 Å². The Labute approximate surface area is 107 Å². The number of carbonyl (C=O) groups excluding carboxylic acids is 1. The van der Waals surface area contributed by atoms with Crippen LogP contribution in [0.15, 0.2) is 24.3 Å². The zero-order valence-corrected chi connectivity index (χ0v) is 9.84. The number of aromatic hydroxyl groups is 1. The van der Waals surface area contributed by atoms with E-state index in [0.29, 0.717) is 6.07 Å². The van der Waals surface area contributed by atoms with Gasteiger partial charge in [0.2, 0.25) is 0 Å². The van der Waals surface area contributed by atoms with Crippen LogP contribution in [0.2, 0.25) is 0 Å². The second-order valence-corrected chi connectivity index (χ2v) is 3.68. The number of nitrogens with one attached hydrogen (secondary N) is 1. The number of aromatic carboxylic acids is 1. The molecule has 1 amide bonds. The van der Waals surface area contributed by atoms with Crippen molar-refractivity contribution in [2.75, 3.05) is 5.32 Å². The van der Waals surface area contributed by atoms with Crippen LogP contribution in [-0.4, -0.2) is 27.0 Å². The summed E-state index contributed by atoms with van der Waals surface area (Å²) in [5.41, 5.74) is -1.46. The first kappa shape index (κ1) is 14.2. The van der Waals surface area contributed by atoms with E-state index in [1.54, 1.807) is 0 Å². The van der Waals surface area contributed by atoms with Crippen LogP contribution in [0.4, 0.5) is 11.4 Å². The Bertz CT molecular complexity index is 593. The van der Waals surface area contributed by atoms with Crippen molar-refractivity contribution in [2.24, 2.45) is 0 Å². The SMILES string of the molecule is C=C(C)C(=O)Nc1cc(O)c(C(=O)O)cc1[N+](=O)[O-]. The van der Waals surface area contributed by atoms with Crippen LogP contribution >= 0.6 is 0 Å². The fraction of sp³-hybridized carbons (Fsp3) is 0.0909. The van der Waals surface area contributed by atoms with E-state index in [9.17, 15) is 24.8 Å². The van der Waals surface area contributed by atoms with Crippen LogP contribution in [0.25, 0.3) is 0 Å². The third-order valence-electron chi connectivity index (χ3n) is 2.18. The second kappa shape index (κ2) is 5.17. The van der Waals surface area contributed by atoms with Gasteiger partial charge < -0.3 is 15.5 Å². The van der Waals surface area contributed by atoms with Crippen LogP contribution in [-0.2, 0) is 4.79 Å². The van der Waals surface area contributed by atoms with Crippen LogP contribution in [0.3, 0.4) is 0 Å². The summed E-state index contributed by atoms with van der Waals surface area (Å²) in [7, 11) is 0. The molecule has 0 unspecified atom stereocenters. The van der Waals surface area contributed by atoms with E-state index >= 15 is 0 Å². The number of nitrogens with zero attached hydrogens (tertiary/aromatic N) is 1. The number of nitro groups is 1. The lowest BCUT2D eigenvalue weighted by atomic mass is 10.1. The molecule has 3 N–H and O–H groups in total. The smallest absolute Gasteiger partial charge is 0.339 e.